The molecule has 3 rings (SSSR count). The van der Waals surface area contributed by atoms with E-state index in [-0.39, 0.29) is 16.7 Å². The third-order valence-electron chi connectivity index (χ3n) is 4.89. The van der Waals surface area contributed by atoms with Gasteiger partial charge in [-0.2, -0.15) is 4.72 Å². The largest absolute Gasteiger partial charge is 0.372 e. The number of amides is 1. The molecule has 28 heavy (non-hydrogen) atoms. The van der Waals surface area contributed by atoms with Gasteiger partial charge in [-0.15, -0.1) is 0 Å². The lowest BCUT2D eigenvalue weighted by Gasteiger charge is -2.22. The van der Waals surface area contributed by atoms with E-state index in [0.717, 1.165) is 18.8 Å². The van der Waals surface area contributed by atoms with Crippen LogP contribution in [0.3, 0.4) is 0 Å². The minimum Gasteiger partial charge on any atom is -0.372 e. The summed E-state index contributed by atoms with van der Waals surface area (Å²) in [5.41, 5.74) is 1.79. The molecule has 1 fully saturated rings. The van der Waals surface area contributed by atoms with Crippen LogP contribution in [0.15, 0.2) is 59.5 Å². The summed E-state index contributed by atoms with van der Waals surface area (Å²) in [4.78, 5) is 15.2. The van der Waals surface area contributed by atoms with E-state index >= 15 is 0 Å². The van der Waals surface area contributed by atoms with Crippen molar-refractivity contribution in [2.75, 3.05) is 23.3 Å². The molecular formula is C21H27N3O3S. The molecule has 2 aromatic rings. The molecule has 0 spiro atoms. The monoisotopic (exact) mass is 401 g/mol. The molecule has 1 heterocycles. The Morgan fingerprint density at radius 2 is 1.57 bits per heavy atom. The Labute approximate surface area is 167 Å². The highest BCUT2D eigenvalue weighted by Gasteiger charge is 2.28. The molecule has 6 nitrogen and oxygen atoms in total. The first-order chi connectivity index (χ1) is 13.4. The van der Waals surface area contributed by atoms with E-state index in [1.165, 1.54) is 25.0 Å². The number of nitrogens with zero attached hydrogens (tertiary/aromatic N) is 1. The minimum absolute atomic E-state index is 0.142. The zero-order valence-corrected chi connectivity index (χ0v) is 17.1. The molecule has 2 aromatic carbocycles. The van der Waals surface area contributed by atoms with Crippen molar-refractivity contribution >= 4 is 27.3 Å². The van der Waals surface area contributed by atoms with E-state index in [2.05, 4.69) is 14.9 Å². The van der Waals surface area contributed by atoms with Gasteiger partial charge in [0.05, 0.1) is 4.90 Å². The predicted molar refractivity (Wildman–Crippen MR) is 112 cm³/mol. The van der Waals surface area contributed by atoms with Gasteiger partial charge in [0.1, 0.15) is 6.04 Å². The average molecular weight is 402 g/mol. The summed E-state index contributed by atoms with van der Waals surface area (Å²) in [6.07, 6.45) is 2.41. The fourth-order valence-corrected chi connectivity index (χ4v) is 4.64. The number of anilines is 2. The smallest absolute Gasteiger partial charge is 0.242 e. The van der Waals surface area contributed by atoms with Crippen LogP contribution in [0.4, 0.5) is 11.4 Å². The molecule has 150 valence electrons. The molecule has 7 heteroatoms. The molecule has 1 unspecified atom stereocenters. The molecule has 0 bridgehead atoms. The van der Waals surface area contributed by atoms with Crippen LogP contribution in [0.2, 0.25) is 0 Å². The quantitative estimate of drug-likeness (QED) is 0.747. The van der Waals surface area contributed by atoms with Gasteiger partial charge in [0.15, 0.2) is 0 Å². The Kier molecular flexibility index (Phi) is 6.36. The third kappa shape index (κ3) is 4.91. The Bertz CT molecular complexity index is 890. The van der Waals surface area contributed by atoms with Crippen LogP contribution in [0.1, 0.15) is 26.7 Å². The van der Waals surface area contributed by atoms with Crippen molar-refractivity contribution in [3.05, 3.63) is 54.6 Å². The van der Waals surface area contributed by atoms with E-state index in [9.17, 15) is 13.2 Å². The lowest BCUT2D eigenvalue weighted by molar-refractivity contribution is -0.118. The highest BCUT2D eigenvalue weighted by atomic mass is 32.2. The van der Waals surface area contributed by atoms with Crippen molar-refractivity contribution in [2.24, 2.45) is 5.92 Å². The maximum absolute atomic E-state index is 12.8. The first kappa shape index (κ1) is 20.4. The van der Waals surface area contributed by atoms with E-state index in [1.54, 1.807) is 18.2 Å². The van der Waals surface area contributed by atoms with Crippen LogP contribution in [-0.2, 0) is 14.8 Å². The van der Waals surface area contributed by atoms with Gasteiger partial charge in [0, 0.05) is 24.5 Å². The summed E-state index contributed by atoms with van der Waals surface area (Å²) >= 11 is 0. The number of sulfonamides is 1. The van der Waals surface area contributed by atoms with Crippen molar-refractivity contribution in [2.45, 2.75) is 37.6 Å². The number of nitrogens with one attached hydrogen (secondary N) is 2. The number of benzene rings is 2. The lowest BCUT2D eigenvalue weighted by atomic mass is 10.0. The minimum atomic E-state index is -3.78. The zero-order valence-electron chi connectivity index (χ0n) is 16.3. The average Bonchev–Trinajstić information content (AvgIpc) is 3.22. The molecule has 0 aliphatic carbocycles. The topological polar surface area (TPSA) is 78.5 Å². The molecule has 1 saturated heterocycles. The molecule has 1 aliphatic rings. The Morgan fingerprint density at radius 3 is 2.14 bits per heavy atom. The van der Waals surface area contributed by atoms with Gasteiger partial charge < -0.3 is 10.2 Å². The van der Waals surface area contributed by atoms with Crippen molar-refractivity contribution < 1.29 is 13.2 Å². The second-order valence-corrected chi connectivity index (χ2v) is 9.10. The maximum Gasteiger partial charge on any atom is 0.242 e. The number of carbonyl (C=O) groups excluding carboxylic acids is 1. The fraction of sp³-hybridized carbons (Fsp3) is 0.381. The number of rotatable bonds is 7. The number of carbonyl (C=O) groups is 1. The van der Waals surface area contributed by atoms with Crippen LogP contribution in [0.5, 0.6) is 0 Å². The summed E-state index contributed by atoms with van der Waals surface area (Å²) in [5.74, 6) is -0.578. The SMILES string of the molecule is CC(C)C(NS(=O)(=O)c1ccccc1)C(=O)Nc1ccc(N2CCCC2)cc1. The standard InChI is InChI=1S/C21H27N3O3S/c1-16(2)20(23-28(26,27)19-8-4-3-5-9-19)21(25)22-17-10-12-18(13-11-17)24-14-6-7-15-24/h3-5,8-13,16,20,23H,6-7,14-15H2,1-2H3,(H,22,25). The van der Waals surface area contributed by atoms with Crippen LogP contribution in [0, 0.1) is 5.92 Å². The summed E-state index contributed by atoms with van der Waals surface area (Å²) in [6.45, 7) is 5.74. The van der Waals surface area contributed by atoms with Gasteiger partial charge >= 0.3 is 0 Å². The predicted octanol–water partition coefficient (Wildman–Crippen LogP) is 3.23. The summed E-state index contributed by atoms with van der Waals surface area (Å²) in [5, 5.41) is 2.83. The van der Waals surface area contributed by atoms with E-state index in [1.807, 2.05) is 38.1 Å². The zero-order chi connectivity index (χ0) is 20.1. The number of hydrogen-bond donors (Lipinski definition) is 2. The Hall–Kier alpha value is -2.38. The van der Waals surface area contributed by atoms with Crippen molar-refractivity contribution in [3.8, 4) is 0 Å². The highest BCUT2D eigenvalue weighted by molar-refractivity contribution is 7.89. The molecule has 0 aromatic heterocycles. The molecule has 0 radical (unpaired) electrons. The van der Waals surface area contributed by atoms with Crippen molar-refractivity contribution in [3.63, 3.8) is 0 Å². The lowest BCUT2D eigenvalue weighted by Crippen LogP contribution is -2.47. The van der Waals surface area contributed by atoms with Crippen LogP contribution in [0.25, 0.3) is 0 Å². The molecular weight excluding hydrogens is 374 g/mol. The molecule has 2 N–H and O–H groups in total. The third-order valence-corrected chi connectivity index (χ3v) is 6.35. The maximum atomic E-state index is 12.8. The molecule has 1 atom stereocenters. The van der Waals surface area contributed by atoms with Gasteiger partial charge in [-0.1, -0.05) is 32.0 Å². The van der Waals surface area contributed by atoms with Gasteiger partial charge in [-0.05, 0) is 55.2 Å². The van der Waals surface area contributed by atoms with Gasteiger partial charge in [0.2, 0.25) is 15.9 Å². The van der Waals surface area contributed by atoms with Gasteiger partial charge in [-0.3, -0.25) is 4.79 Å². The highest BCUT2D eigenvalue weighted by Crippen LogP contribution is 2.22. The van der Waals surface area contributed by atoms with Crippen molar-refractivity contribution in [1.29, 1.82) is 0 Å². The normalized spacial score (nSPS) is 15.6. The first-order valence-electron chi connectivity index (χ1n) is 9.60. The fourth-order valence-electron chi connectivity index (χ4n) is 3.28. The molecule has 1 amide bonds. The van der Waals surface area contributed by atoms with E-state index in [4.69, 9.17) is 0 Å². The second kappa shape index (κ2) is 8.75. The van der Waals surface area contributed by atoms with Crippen molar-refractivity contribution in [1.82, 2.24) is 4.72 Å². The molecule has 1 aliphatic heterocycles. The summed E-state index contributed by atoms with van der Waals surface area (Å²) in [6, 6.07) is 14.9. The number of hydrogen-bond acceptors (Lipinski definition) is 4. The van der Waals surface area contributed by atoms with Gasteiger partial charge in [0.25, 0.3) is 0 Å². The second-order valence-electron chi connectivity index (χ2n) is 7.39. The van der Waals surface area contributed by atoms with Gasteiger partial charge in [-0.25, -0.2) is 8.42 Å². The molecule has 0 saturated carbocycles. The van der Waals surface area contributed by atoms with E-state index in [0.29, 0.717) is 5.69 Å². The first-order valence-corrected chi connectivity index (χ1v) is 11.1. The summed E-state index contributed by atoms with van der Waals surface area (Å²) < 4.78 is 27.7. The van der Waals surface area contributed by atoms with Crippen LogP contribution >= 0.6 is 0 Å². The van der Waals surface area contributed by atoms with E-state index < -0.39 is 16.1 Å². The van der Waals surface area contributed by atoms with Crippen LogP contribution in [-0.4, -0.2) is 33.5 Å². The Morgan fingerprint density at radius 1 is 0.964 bits per heavy atom. The van der Waals surface area contributed by atoms with Crippen LogP contribution < -0.4 is 14.9 Å². The summed E-state index contributed by atoms with van der Waals surface area (Å²) in [7, 11) is -3.78. The Balaban J connectivity index is 1.69.